The number of aryl methyl sites for hydroxylation is 3. The molecule has 0 spiro atoms. The summed E-state index contributed by atoms with van der Waals surface area (Å²) in [7, 11) is 0. The fourth-order valence-corrected chi connectivity index (χ4v) is 3.56. The highest BCUT2D eigenvalue weighted by Gasteiger charge is 2.35. The molecule has 0 bridgehead atoms. The monoisotopic (exact) mass is 327 g/mol. The molecule has 2 unspecified atom stereocenters. The topological polar surface area (TPSA) is 58.2 Å². The molecule has 2 aromatic rings. The fourth-order valence-electron chi connectivity index (χ4n) is 3.56. The molecule has 1 N–H and O–H groups in total. The zero-order valence-electron chi connectivity index (χ0n) is 14.8. The number of hydrogen-bond donors (Lipinski definition) is 1. The largest absolute Gasteiger partial charge is 0.481 e. The Morgan fingerprint density at radius 3 is 2.83 bits per heavy atom. The van der Waals surface area contributed by atoms with Crippen molar-refractivity contribution in [3.8, 4) is 5.75 Å². The van der Waals surface area contributed by atoms with Crippen molar-refractivity contribution in [3.63, 3.8) is 0 Å². The highest BCUT2D eigenvalue weighted by atomic mass is 16.5. The van der Waals surface area contributed by atoms with Crippen LogP contribution >= 0.6 is 0 Å². The van der Waals surface area contributed by atoms with E-state index in [0.717, 1.165) is 47.7 Å². The first-order chi connectivity index (χ1) is 11.5. The summed E-state index contributed by atoms with van der Waals surface area (Å²) < 4.78 is 5.88. The second kappa shape index (κ2) is 6.67. The zero-order chi connectivity index (χ0) is 17.3. The molecule has 0 aliphatic carbocycles. The van der Waals surface area contributed by atoms with Gasteiger partial charge in [0.25, 0.3) is 5.91 Å². The maximum atomic E-state index is 12.9. The van der Waals surface area contributed by atoms with Crippen LogP contribution in [-0.2, 0) is 4.79 Å². The minimum absolute atomic E-state index is 0.0407. The van der Waals surface area contributed by atoms with Crippen LogP contribution in [0.2, 0.25) is 0 Å². The highest BCUT2D eigenvalue weighted by molar-refractivity contribution is 5.81. The maximum absolute atomic E-state index is 12.9. The first-order valence-electron chi connectivity index (χ1n) is 8.52. The van der Waals surface area contributed by atoms with E-state index in [2.05, 4.69) is 10.2 Å². The highest BCUT2D eigenvalue weighted by Crippen LogP contribution is 2.35. The number of nitrogens with zero attached hydrogens (tertiary/aromatic N) is 2. The van der Waals surface area contributed by atoms with Gasteiger partial charge in [-0.05, 0) is 58.2 Å². The number of aromatic nitrogens is 2. The van der Waals surface area contributed by atoms with Crippen molar-refractivity contribution >= 4 is 5.91 Å². The summed E-state index contributed by atoms with van der Waals surface area (Å²) in [5, 5.41) is 7.31. The lowest BCUT2D eigenvalue weighted by Crippen LogP contribution is -2.40. The number of likely N-dealkylation sites (tertiary alicyclic amines) is 1. The number of aromatic amines is 1. The Bertz CT molecular complexity index is 718. The van der Waals surface area contributed by atoms with Crippen LogP contribution in [0.1, 0.15) is 48.3 Å². The Morgan fingerprint density at radius 2 is 2.17 bits per heavy atom. The van der Waals surface area contributed by atoms with Gasteiger partial charge in [-0.1, -0.05) is 12.1 Å². The summed E-state index contributed by atoms with van der Waals surface area (Å²) in [6, 6.07) is 7.90. The van der Waals surface area contributed by atoms with Gasteiger partial charge in [0.05, 0.1) is 11.7 Å². The van der Waals surface area contributed by atoms with Gasteiger partial charge in [0.1, 0.15) is 5.75 Å². The standard InChI is InChI=1S/C19H25N3O2/c1-12-7-5-8-16(11-12)24-15(4)19(23)22-10-6-9-17(22)18-13(2)20-21-14(18)3/h5,7-8,11,15,17H,6,9-10H2,1-4H3,(H,20,21). The third kappa shape index (κ3) is 3.16. The Kier molecular flexibility index (Phi) is 4.60. The van der Waals surface area contributed by atoms with Gasteiger partial charge in [-0.2, -0.15) is 5.10 Å². The predicted octanol–water partition coefficient (Wildman–Crippen LogP) is 3.47. The molecule has 1 aromatic carbocycles. The van der Waals surface area contributed by atoms with Crippen molar-refractivity contribution in [2.24, 2.45) is 0 Å². The second-order valence-electron chi connectivity index (χ2n) is 6.61. The number of benzene rings is 1. The number of ether oxygens (including phenoxy) is 1. The molecule has 0 saturated carbocycles. The molecule has 1 amide bonds. The number of H-pyrrole nitrogens is 1. The van der Waals surface area contributed by atoms with E-state index < -0.39 is 6.10 Å². The van der Waals surface area contributed by atoms with Gasteiger partial charge in [0.15, 0.2) is 6.10 Å². The number of rotatable bonds is 4. The number of hydrogen-bond acceptors (Lipinski definition) is 3. The van der Waals surface area contributed by atoms with Gasteiger partial charge in [-0.25, -0.2) is 0 Å². The molecule has 128 valence electrons. The van der Waals surface area contributed by atoms with Crippen molar-refractivity contribution < 1.29 is 9.53 Å². The van der Waals surface area contributed by atoms with E-state index in [1.165, 1.54) is 0 Å². The summed E-state index contributed by atoms with van der Waals surface area (Å²) >= 11 is 0. The van der Waals surface area contributed by atoms with E-state index in [1.54, 1.807) is 0 Å². The lowest BCUT2D eigenvalue weighted by atomic mass is 10.0. The minimum atomic E-state index is -0.500. The average Bonchev–Trinajstić information content (AvgIpc) is 3.13. The minimum Gasteiger partial charge on any atom is -0.481 e. The van der Waals surface area contributed by atoms with Crippen LogP contribution in [0.15, 0.2) is 24.3 Å². The van der Waals surface area contributed by atoms with Crippen LogP contribution in [-0.4, -0.2) is 33.7 Å². The molecule has 1 aliphatic rings. The third-order valence-corrected chi connectivity index (χ3v) is 4.70. The summed E-state index contributed by atoms with van der Waals surface area (Å²) in [4.78, 5) is 14.9. The first-order valence-corrected chi connectivity index (χ1v) is 8.52. The summed E-state index contributed by atoms with van der Waals surface area (Å²) in [6.45, 7) is 8.62. The van der Waals surface area contributed by atoms with Crippen LogP contribution in [0.5, 0.6) is 5.75 Å². The van der Waals surface area contributed by atoms with Crippen molar-refractivity contribution in [2.75, 3.05) is 6.54 Å². The van der Waals surface area contributed by atoms with Crippen LogP contribution < -0.4 is 4.74 Å². The van der Waals surface area contributed by atoms with Gasteiger partial charge in [-0.15, -0.1) is 0 Å². The smallest absolute Gasteiger partial charge is 0.263 e. The summed E-state index contributed by atoms with van der Waals surface area (Å²) in [5.74, 6) is 0.779. The summed E-state index contributed by atoms with van der Waals surface area (Å²) in [5.41, 5.74) is 4.30. The van der Waals surface area contributed by atoms with Gasteiger partial charge in [0.2, 0.25) is 0 Å². The van der Waals surface area contributed by atoms with E-state index in [-0.39, 0.29) is 11.9 Å². The van der Waals surface area contributed by atoms with E-state index in [4.69, 9.17) is 4.74 Å². The summed E-state index contributed by atoms with van der Waals surface area (Å²) in [6.07, 6.45) is 1.49. The van der Waals surface area contributed by atoms with Gasteiger partial charge in [-0.3, -0.25) is 9.89 Å². The van der Waals surface area contributed by atoms with E-state index >= 15 is 0 Å². The molecule has 1 aliphatic heterocycles. The molecule has 3 rings (SSSR count). The fraction of sp³-hybridized carbons (Fsp3) is 0.474. The number of carbonyl (C=O) groups excluding carboxylic acids is 1. The van der Waals surface area contributed by atoms with Gasteiger partial charge in [0, 0.05) is 17.8 Å². The lowest BCUT2D eigenvalue weighted by Gasteiger charge is -2.28. The van der Waals surface area contributed by atoms with Crippen LogP contribution in [0.4, 0.5) is 0 Å². The van der Waals surface area contributed by atoms with E-state index in [1.807, 2.05) is 56.9 Å². The molecule has 2 heterocycles. The number of carbonyl (C=O) groups is 1. The Hall–Kier alpha value is -2.30. The molecular formula is C19H25N3O2. The molecule has 24 heavy (non-hydrogen) atoms. The number of nitrogens with one attached hydrogen (secondary N) is 1. The SMILES string of the molecule is Cc1cccc(OC(C)C(=O)N2CCCC2c2c(C)n[nH]c2C)c1. The molecule has 5 heteroatoms. The van der Waals surface area contributed by atoms with Crippen molar-refractivity contribution in [2.45, 2.75) is 52.7 Å². The van der Waals surface area contributed by atoms with Crippen LogP contribution in [0.25, 0.3) is 0 Å². The van der Waals surface area contributed by atoms with Crippen LogP contribution in [0.3, 0.4) is 0 Å². The lowest BCUT2D eigenvalue weighted by molar-refractivity contribution is -0.138. The van der Waals surface area contributed by atoms with Gasteiger partial charge < -0.3 is 9.64 Å². The van der Waals surface area contributed by atoms with Crippen molar-refractivity contribution in [3.05, 3.63) is 46.8 Å². The molecular weight excluding hydrogens is 302 g/mol. The number of amides is 1. The molecule has 1 fully saturated rings. The normalized spacial score (nSPS) is 18.7. The second-order valence-corrected chi connectivity index (χ2v) is 6.61. The Balaban J connectivity index is 1.76. The maximum Gasteiger partial charge on any atom is 0.263 e. The van der Waals surface area contributed by atoms with Gasteiger partial charge >= 0.3 is 0 Å². The van der Waals surface area contributed by atoms with E-state index in [9.17, 15) is 4.79 Å². The molecule has 1 aromatic heterocycles. The molecule has 0 radical (unpaired) electrons. The molecule has 5 nitrogen and oxygen atoms in total. The Labute approximate surface area is 143 Å². The van der Waals surface area contributed by atoms with Crippen molar-refractivity contribution in [1.82, 2.24) is 15.1 Å². The third-order valence-electron chi connectivity index (χ3n) is 4.70. The van der Waals surface area contributed by atoms with Crippen LogP contribution in [0, 0.1) is 20.8 Å². The Morgan fingerprint density at radius 1 is 1.38 bits per heavy atom. The molecule has 2 atom stereocenters. The quantitative estimate of drug-likeness (QED) is 0.935. The first kappa shape index (κ1) is 16.6. The molecule has 1 saturated heterocycles. The predicted molar refractivity (Wildman–Crippen MR) is 93.0 cm³/mol. The van der Waals surface area contributed by atoms with Crippen molar-refractivity contribution in [1.29, 1.82) is 0 Å². The van der Waals surface area contributed by atoms with E-state index in [0.29, 0.717) is 0 Å². The average molecular weight is 327 g/mol. The zero-order valence-corrected chi connectivity index (χ0v) is 14.8.